The predicted octanol–water partition coefficient (Wildman–Crippen LogP) is 3.75. The number of fused-ring (bicyclic) bond motifs is 7. The van der Waals surface area contributed by atoms with E-state index in [1.165, 1.54) is 19.1 Å². The van der Waals surface area contributed by atoms with E-state index in [9.17, 15) is 24.9 Å². The Morgan fingerprint density at radius 2 is 1.82 bits per heavy atom. The van der Waals surface area contributed by atoms with Crippen LogP contribution in [-0.2, 0) is 39.1 Å². The molecule has 0 amide bonds. The first-order valence-corrected chi connectivity index (χ1v) is 15.6. The van der Waals surface area contributed by atoms with Gasteiger partial charge in [-0.15, -0.1) is 0 Å². The average Bonchev–Trinajstić information content (AvgIpc) is 3.65. The van der Waals surface area contributed by atoms with Gasteiger partial charge in [0.05, 0.1) is 18.8 Å². The van der Waals surface area contributed by atoms with Crippen LogP contribution < -0.4 is 0 Å². The second-order valence-electron chi connectivity index (χ2n) is 14.0. The van der Waals surface area contributed by atoms with Crippen LogP contribution in [0.25, 0.3) is 0 Å². The van der Waals surface area contributed by atoms with E-state index in [0.29, 0.717) is 12.0 Å². The van der Waals surface area contributed by atoms with Crippen LogP contribution in [0.5, 0.6) is 0 Å². The number of halogens is 2. The summed E-state index contributed by atoms with van der Waals surface area (Å²) in [5.74, 6) is -2.63. The molecule has 4 fully saturated rings. The first-order valence-electron chi connectivity index (χ1n) is 15.6. The maximum Gasteiger partial charge on any atom is 0.193 e. The van der Waals surface area contributed by atoms with Crippen molar-refractivity contribution in [3.63, 3.8) is 0 Å². The molecule has 2 heterocycles. The van der Waals surface area contributed by atoms with Gasteiger partial charge in [-0.25, -0.2) is 8.78 Å². The molecule has 10 heteroatoms. The lowest BCUT2D eigenvalue weighted by molar-refractivity contribution is -0.235. The number of aromatic nitrogens is 1. The van der Waals surface area contributed by atoms with Gasteiger partial charge < -0.3 is 29.4 Å². The topological polar surface area (TPSA) is 118 Å². The number of nitrogens with zero attached hydrogens (tertiary/aromatic N) is 1. The van der Waals surface area contributed by atoms with Gasteiger partial charge in [-0.1, -0.05) is 37.3 Å². The molecule has 240 valence electrons. The number of hydrogen-bond donors (Lipinski definition) is 3. The van der Waals surface area contributed by atoms with Crippen molar-refractivity contribution >= 4 is 11.6 Å². The van der Waals surface area contributed by atoms with E-state index >= 15 is 8.78 Å². The molecule has 45 heavy (non-hydrogen) atoms. The zero-order valence-corrected chi connectivity index (χ0v) is 25.6. The van der Waals surface area contributed by atoms with Crippen molar-refractivity contribution in [1.29, 1.82) is 0 Å². The Labute approximate surface area is 260 Å². The van der Waals surface area contributed by atoms with Crippen molar-refractivity contribution in [2.75, 3.05) is 6.61 Å². The number of ketones is 2. The smallest absolute Gasteiger partial charge is 0.193 e. The minimum atomic E-state index is -2.30. The normalized spacial score (nSPS) is 41.7. The van der Waals surface area contributed by atoms with Crippen molar-refractivity contribution < 1.29 is 43.2 Å². The van der Waals surface area contributed by atoms with Crippen molar-refractivity contribution in [3.05, 3.63) is 82.7 Å². The van der Waals surface area contributed by atoms with E-state index in [-0.39, 0.29) is 31.4 Å². The molecule has 0 bridgehead atoms. The molecule has 7 rings (SSSR count). The first kappa shape index (κ1) is 30.6. The molecule has 1 aromatic heterocycles. The first-order chi connectivity index (χ1) is 21.3. The lowest BCUT2D eigenvalue weighted by Crippen LogP contribution is -2.70. The molecule has 8 nitrogen and oxygen atoms in total. The zero-order chi connectivity index (χ0) is 32.1. The number of carbonyl (C=O) groups is 2. The van der Waals surface area contributed by atoms with Gasteiger partial charge in [-0.3, -0.25) is 9.59 Å². The van der Waals surface area contributed by atoms with Crippen LogP contribution in [0.4, 0.5) is 8.78 Å². The molecule has 1 aliphatic heterocycles. The van der Waals surface area contributed by atoms with Gasteiger partial charge in [-0.05, 0) is 67.0 Å². The van der Waals surface area contributed by atoms with Crippen LogP contribution in [0.1, 0.15) is 61.8 Å². The number of ether oxygens (including phenoxy) is 2. The Balaban J connectivity index is 1.22. The fourth-order valence-electron chi connectivity index (χ4n) is 9.63. The molecule has 0 spiro atoms. The van der Waals surface area contributed by atoms with E-state index in [2.05, 4.69) is 0 Å². The SMILES string of the molecule is Cn1cc([C@@H]2O[C@@H]3C[C@H]4[C@@H]5C[C@H](F)C6=CC(=O)C=C[C@]6(C)[C@@]5(F)[C@@H](O)C[C@]4(C)[C@]3(C(=O)CO)O2)cc1Cc1ccc(CO)cc1. The minimum absolute atomic E-state index is 0.0336. The number of carbonyl (C=O) groups excluding carboxylic acids is 2. The molecule has 1 aromatic carbocycles. The van der Waals surface area contributed by atoms with E-state index in [0.717, 1.165) is 22.9 Å². The monoisotopic (exact) mass is 623 g/mol. The maximum absolute atomic E-state index is 17.6. The van der Waals surface area contributed by atoms with E-state index in [1.807, 2.05) is 48.1 Å². The predicted molar refractivity (Wildman–Crippen MR) is 158 cm³/mol. The molecule has 3 saturated carbocycles. The second-order valence-corrected chi connectivity index (χ2v) is 14.0. The van der Waals surface area contributed by atoms with Crippen molar-refractivity contribution in [1.82, 2.24) is 4.57 Å². The Morgan fingerprint density at radius 3 is 2.51 bits per heavy atom. The third kappa shape index (κ3) is 3.99. The highest BCUT2D eigenvalue weighted by Crippen LogP contribution is 2.72. The lowest BCUT2D eigenvalue weighted by atomic mass is 9.44. The van der Waals surface area contributed by atoms with Crippen molar-refractivity contribution in [2.45, 2.75) is 82.1 Å². The summed E-state index contributed by atoms with van der Waals surface area (Å²) in [7, 11) is 1.90. The van der Waals surface area contributed by atoms with Crippen LogP contribution >= 0.6 is 0 Å². The molecule has 2 aromatic rings. The Morgan fingerprint density at radius 1 is 1.11 bits per heavy atom. The van der Waals surface area contributed by atoms with Crippen LogP contribution in [0.2, 0.25) is 0 Å². The molecule has 10 atom stereocenters. The Hall–Kier alpha value is -3.02. The Bertz CT molecular complexity index is 1620. The minimum Gasteiger partial charge on any atom is -0.392 e. The van der Waals surface area contributed by atoms with Gasteiger partial charge in [-0.2, -0.15) is 0 Å². The summed E-state index contributed by atoms with van der Waals surface area (Å²) in [6.45, 7) is 2.44. The number of allylic oxidation sites excluding steroid dienone is 4. The number of alkyl halides is 2. The third-order valence-corrected chi connectivity index (χ3v) is 11.9. The Kier molecular flexibility index (Phi) is 6.97. The van der Waals surface area contributed by atoms with Gasteiger partial charge in [0.15, 0.2) is 29.1 Å². The molecular formula is C35H39F2NO7. The molecule has 3 N–H and O–H groups in total. The number of Topliss-reactive ketones (excluding diaryl/α,β-unsaturated/α-hetero) is 1. The molecule has 4 aliphatic carbocycles. The summed E-state index contributed by atoms with van der Waals surface area (Å²) < 4.78 is 48.4. The number of rotatable bonds is 6. The van der Waals surface area contributed by atoms with Gasteiger partial charge in [0.25, 0.3) is 0 Å². The van der Waals surface area contributed by atoms with Crippen LogP contribution in [0, 0.1) is 22.7 Å². The molecule has 0 radical (unpaired) electrons. The second kappa shape index (κ2) is 10.2. The standard InChI is InChI=1S/C35H39F2NO7/c1-32-9-8-23(41)12-26(32)27(36)13-25-24-14-30-35(29(43)18-40,33(24,2)15-28(42)34(25,32)37)45-31(44-30)21-11-22(38(3)16-21)10-19-4-6-20(17-39)7-5-19/h4-9,11-12,16,24-25,27-28,30-31,39-40,42H,10,13-15,17-18H2,1-3H3/t24-,25-,27-,28-,30+,31+,32-,33-,34-,35+/m0/s1. The highest BCUT2D eigenvalue weighted by Gasteiger charge is 2.80. The summed E-state index contributed by atoms with van der Waals surface area (Å²) in [6, 6.07) is 9.58. The fraction of sp³-hybridized carbons (Fsp3) is 0.543. The van der Waals surface area contributed by atoms with Crippen LogP contribution in [0.3, 0.4) is 0 Å². The summed E-state index contributed by atoms with van der Waals surface area (Å²) in [6.07, 6.45) is 0.982. The molecule has 1 saturated heterocycles. The molecular weight excluding hydrogens is 584 g/mol. The highest BCUT2D eigenvalue weighted by atomic mass is 19.1. The lowest BCUT2D eigenvalue weighted by Gasteiger charge is -2.63. The average molecular weight is 624 g/mol. The van der Waals surface area contributed by atoms with E-state index in [4.69, 9.17) is 9.47 Å². The van der Waals surface area contributed by atoms with Crippen LogP contribution in [-0.4, -0.2) is 67.7 Å². The van der Waals surface area contributed by atoms with Gasteiger partial charge in [0.1, 0.15) is 12.8 Å². The summed E-state index contributed by atoms with van der Waals surface area (Å²) in [5.41, 5.74) is -3.17. The number of aryl methyl sites for hydroxylation is 1. The van der Waals surface area contributed by atoms with E-state index < -0.39 is 76.8 Å². The van der Waals surface area contributed by atoms with E-state index in [1.54, 1.807) is 6.92 Å². The third-order valence-electron chi connectivity index (χ3n) is 11.9. The summed E-state index contributed by atoms with van der Waals surface area (Å²) in [4.78, 5) is 25.9. The van der Waals surface area contributed by atoms with Gasteiger partial charge >= 0.3 is 0 Å². The highest BCUT2D eigenvalue weighted by molar-refractivity contribution is 6.01. The quantitative estimate of drug-likeness (QED) is 0.449. The number of hydrogen-bond acceptors (Lipinski definition) is 7. The van der Waals surface area contributed by atoms with Crippen molar-refractivity contribution in [3.8, 4) is 0 Å². The largest absolute Gasteiger partial charge is 0.392 e. The van der Waals surface area contributed by atoms with Crippen molar-refractivity contribution in [2.24, 2.45) is 29.7 Å². The molecule has 0 unspecified atom stereocenters. The van der Waals surface area contributed by atoms with Crippen LogP contribution in [0.15, 0.2) is 60.3 Å². The number of aliphatic hydroxyl groups excluding tert-OH is 3. The summed E-state index contributed by atoms with van der Waals surface area (Å²) in [5, 5.41) is 31.2. The maximum atomic E-state index is 17.6. The van der Waals surface area contributed by atoms with Gasteiger partial charge in [0.2, 0.25) is 0 Å². The zero-order valence-electron chi connectivity index (χ0n) is 25.6. The van der Waals surface area contributed by atoms with Gasteiger partial charge in [0, 0.05) is 47.7 Å². The number of aliphatic hydroxyl groups is 3. The molecule has 5 aliphatic rings. The summed E-state index contributed by atoms with van der Waals surface area (Å²) >= 11 is 0. The fourth-order valence-corrected chi connectivity index (χ4v) is 9.63. The number of benzene rings is 1.